The summed E-state index contributed by atoms with van der Waals surface area (Å²) in [6, 6.07) is 16.5. The Morgan fingerprint density at radius 2 is 2.04 bits per heavy atom. The van der Waals surface area contributed by atoms with E-state index in [-0.39, 0.29) is 0 Å². The van der Waals surface area contributed by atoms with Crippen molar-refractivity contribution in [2.45, 2.75) is 32.4 Å². The van der Waals surface area contributed by atoms with Gasteiger partial charge >= 0.3 is 0 Å². The monoisotopic (exact) mass is 366 g/mol. The van der Waals surface area contributed by atoms with Crippen molar-refractivity contribution in [1.29, 1.82) is 0 Å². The van der Waals surface area contributed by atoms with Gasteiger partial charge < -0.3 is 14.8 Å². The van der Waals surface area contributed by atoms with Crippen LogP contribution in [0.3, 0.4) is 0 Å². The first-order valence-corrected chi connectivity index (χ1v) is 10.0. The van der Waals surface area contributed by atoms with Crippen molar-refractivity contribution < 1.29 is 9.47 Å². The Hall–Kier alpha value is -2.04. The molecule has 4 heteroatoms. The lowest BCUT2D eigenvalue weighted by Crippen LogP contribution is -2.44. The van der Waals surface area contributed by atoms with E-state index in [4.69, 9.17) is 9.47 Å². The Morgan fingerprint density at radius 1 is 1.11 bits per heavy atom. The molecule has 2 aliphatic rings. The van der Waals surface area contributed by atoms with E-state index in [9.17, 15) is 0 Å². The van der Waals surface area contributed by atoms with Crippen LogP contribution in [0.15, 0.2) is 48.5 Å². The summed E-state index contributed by atoms with van der Waals surface area (Å²) in [4.78, 5) is 2.62. The van der Waals surface area contributed by atoms with E-state index < -0.39 is 0 Å². The maximum absolute atomic E-state index is 6.19. The normalized spacial score (nSPS) is 22.9. The van der Waals surface area contributed by atoms with Crippen molar-refractivity contribution >= 4 is 0 Å². The van der Waals surface area contributed by atoms with Crippen LogP contribution in [-0.4, -0.2) is 38.2 Å². The van der Waals surface area contributed by atoms with Crippen LogP contribution in [-0.2, 0) is 13.2 Å². The van der Waals surface area contributed by atoms with Gasteiger partial charge in [-0.15, -0.1) is 0 Å². The third-order valence-electron chi connectivity index (χ3n) is 5.97. The van der Waals surface area contributed by atoms with Crippen molar-refractivity contribution in [3.8, 4) is 11.5 Å². The average Bonchev–Trinajstić information content (AvgIpc) is 3.15. The summed E-state index contributed by atoms with van der Waals surface area (Å²) in [6.07, 6.45) is 3.98. The van der Waals surface area contributed by atoms with Gasteiger partial charge in [0.15, 0.2) is 0 Å². The minimum atomic E-state index is 0.495. The van der Waals surface area contributed by atoms with Gasteiger partial charge in [-0.2, -0.15) is 0 Å². The Morgan fingerprint density at radius 3 is 2.89 bits per heavy atom. The Bertz CT molecular complexity index is 756. The molecule has 1 N–H and O–H groups in total. The molecule has 27 heavy (non-hydrogen) atoms. The van der Waals surface area contributed by atoms with Crippen LogP contribution in [0.4, 0.5) is 0 Å². The quantitative estimate of drug-likeness (QED) is 0.842. The predicted molar refractivity (Wildman–Crippen MR) is 108 cm³/mol. The smallest absolute Gasteiger partial charge is 0.124 e. The Balaban J connectivity index is 1.41. The first kappa shape index (κ1) is 18.3. The maximum Gasteiger partial charge on any atom is 0.124 e. The Labute approximate surface area is 162 Å². The molecule has 0 bridgehead atoms. The number of hydrogen-bond acceptors (Lipinski definition) is 4. The topological polar surface area (TPSA) is 33.7 Å². The zero-order valence-electron chi connectivity index (χ0n) is 16.2. The molecule has 4 rings (SSSR count). The average molecular weight is 367 g/mol. The van der Waals surface area contributed by atoms with Crippen molar-refractivity contribution in [2.75, 3.05) is 33.3 Å². The van der Waals surface area contributed by atoms with E-state index in [0.717, 1.165) is 23.6 Å². The number of methoxy groups -OCH3 is 1. The fourth-order valence-corrected chi connectivity index (χ4v) is 4.53. The van der Waals surface area contributed by atoms with Gasteiger partial charge in [0.1, 0.15) is 18.1 Å². The molecule has 4 nitrogen and oxygen atoms in total. The third-order valence-corrected chi connectivity index (χ3v) is 5.97. The zero-order chi connectivity index (χ0) is 18.5. The molecule has 2 fully saturated rings. The van der Waals surface area contributed by atoms with Crippen molar-refractivity contribution in [3.63, 3.8) is 0 Å². The molecule has 2 saturated heterocycles. The van der Waals surface area contributed by atoms with Gasteiger partial charge in [-0.3, -0.25) is 4.90 Å². The van der Waals surface area contributed by atoms with Crippen LogP contribution in [0, 0.1) is 5.41 Å². The molecular weight excluding hydrogens is 336 g/mol. The highest BCUT2D eigenvalue weighted by Gasteiger charge is 2.37. The first-order valence-electron chi connectivity index (χ1n) is 10.0. The predicted octanol–water partition coefficient (Wildman–Crippen LogP) is 3.85. The Kier molecular flexibility index (Phi) is 5.65. The summed E-state index contributed by atoms with van der Waals surface area (Å²) in [5, 5.41) is 3.56. The van der Waals surface area contributed by atoms with Gasteiger partial charge in [-0.05, 0) is 61.5 Å². The number of nitrogens with zero attached hydrogens (tertiary/aromatic N) is 1. The van der Waals surface area contributed by atoms with E-state index in [2.05, 4.69) is 40.5 Å². The summed E-state index contributed by atoms with van der Waals surface area (Å²) >= 11 is 0. The second kappa shape index (κ2) is 8.32. The van der Waals surface area contributed by atoms with Crippen molar-refractivity contribution in [1.82, 2.24) is 10.2 Å². The zero-order valence-corrected chi connectivity index (χ0v) is 16.2. The molecule has 2 aromatic rings. The second-order valence-corrected chi connectivity index (χ2v) is 7.99. The molecule has 0 aliphatic carbocycles. The fourth-order valence-electron chi connectivity index (χ4n) is 4.53. The summed E-state index contributed by atoms with van der Waals surface area (Å²) in [7, 11) is 1.69. The van der Waals surface area contributed by atoms with E-state index in [1.807, 2.05) is 18.2 Å². The van der Waals surface area contributed by atoms with Crippen LogP contribution in [0.1, 0.15) is 30.4 Å². The summed E-state index contributed by atoms with van der Waals surface area (Å²) in [5.74, 6) is 1.86. The fraction of sp³-hybridized carbons (Fsp3) is 0.478. The molecule has 144 valence electrons. The number of benzene rings is 2. The third kappa shape index (κ3) is 4.45. The standard InChI is InChI=1S/C23H30N2O2/c1-26-21-8-4-6-19(14-21)16-27-22-9-3-2-7-20(22)15-25-13-5-10-23(18-25)11-12-24-17-23/h2-4,6-9,14,24H,5,10-13,15-18H2,1H3. The maximum atomic E-state index is 6.19. The van der Waals surface area contributed by atoms with Crippen LogP contribution in [0.5, 0.6) is 11.5 Å². The van der Waals surface area contributed by atoms with E-state index in [1.165, 1.54) is 51.0 Å². The second-order valence-electron chi connectivity index (χ2n) is 7.99. The van der Waals surface area contributed by atoms with Gasteiger partial charge in [-0.25, -0.2) is 0 Å². The highest BCUT2D eigenvalue weighted by atomic mass is 16.5. The minimum absolute atomic E-state index is 0.495. The molecule has 2 aromatic carbocycles. The van der Waals surface area contributed by atoms with Gasteiger partial charge in [0.25, 0.3) is 0 Å². The van der Waals surface area contributed by atoms with E-state index in [0.29, 0.717) is 12.0 Å². The van der Waals surface area contributed by atoms with Crippen molar-refractivity contribution in [3.05, 3.63) is 59.7 Å². The molecule has 2 aliphatic heterocycles. The van der Waals surface area contributed by atoms with Gasteiger partial charge in [-0.1, -0.05) is 30.3 Å². The van der Waals surface area contributed by atoms with Crippen LogP contribution < -0.4 is 14.8 Å². The lowest BCUT2D eigenvalue weighted by atomic mass is 9.79. The summed E-state index contributed by atoms with van der Waals surface area (Å²) in [5.41, 5.74) is 2.90. The van der Waals surface area contributed by atoms with Crippen LogP contribution >= 0.6 is 0 Å². The molecule has 1 unspecified atom stereocenters. The lowest BCUT2D eigenvalue weighted by molar-refractivity contribution is 0.0967. The lowest BCUT2D eigenvalue weighted by Gasteiger charge is -2.40. The molecule has 1 spiro atoms. The number of rotatable bonds is 6. The summed E-state index contributed by atoms with van der Waals surface area (Å²) in [6.45, 7) is 6.26. The number of likely N-dealkylation sites (tertiary alicyclic amines) is 1. The van der Waals surface area contributed by atoms with Crippen molar-refractivity contribution in [2.24, 2.45) is 5.41 Å². The SMILES string of the molecule is COc1cccc(COc2ccccc2CN2CCCC3(CCNC3)C2)c1. The molecule has 2 heterocycles. The van der Waals surface area contributed by atoms with Gasteiger partial charge in [0.05, 0.1) is 7.11 Å². The molecule has 0 radical (unpaired) electrons. The number of ether oxygens (including phenoxy) is 2. The number of piperidine rings is 1. The largest absolute Gasteiger partial charge is 0.497 e. The van der Waals surface area contributed by atoms with Crippen LogP contribution in [0.25, 0.3) is 0 Å². The van der Waals surface area contributed by atoms with E-state index in [1.54, 1.807) is 7.11 Å². The first-order chi connectivity index (χ1) is 13.3. The number of nitrogens with one attached hydrogen (secondary N) is 1. The van der Waals surface area contributed by atoms with E-state index >= 15 is 0 Å². The van der Waals surface area contributed by atoms with Gasteiger partial charge in [0.2, 0.25) is 0 Å². The van der Waals surface area contributed by atoms with Gasteiger partial charge in [0, 0.05) is 25.2 Å². The number of hydrogen-bond donors (Lipinski definition) is 1. The highest BCUT2D eigenvalue weighted by molar-refractivity contribution is 5.34. The molecule has 1 atom stereocenters. The summed E-state index contributed by atoms with van der Waals surface area (Å²) < 4.78 is 11.5. The molecule has 0 amide bonds. The molecule has 0 aromatic heterocycles. The molecular formula is C23H30N2O2. The minimum Gasteiger partial charge on any atom is -0.497 e. The number of para-hydroxylation sites is 1. The molecule has 0 saturated carbocycles. The highest BCUT2D eigenvalue weighted by Crippen LogP contribution is 2.36. The van der Waals surface area contributed by atoms with Crippen LogP contribution in [0.2, 0.25) is 0 Å².